The highest BCUT2D eigenvalue weighted by atomic mass is 35.5. The molecular weight excluding hydrogens is 487 g/mol. The Morgan fingerprint density at radius 1 is 1.23 bits per heavy atom. The molecule has 1 aromatic carbocycles. The fraction of sp³-hybridized carbons (Fsp3) is 0.348. The number of rotatable bonds is 3. The lowest BCUT2D eigenvalue weighted by Crippen LogP contribution is -2.63. The quantitative estimate of drug-likeness (QED) is 0.565. The number of ether oxygens (including phenoxy) is 1. The van der Waals surface area contributed by atoms with E-state index in [2.05, 4.69) is 15.2 Å². The topological polar surface area (TPSA) is 94.6 Å². The molecule has 0 spiro atoms. The molecule has 0 saturated carbocycles. The van der Waals surface area contributed by atoms with Crippen molar-refractivity contribution < 1.29 is 27.8 Å². The molecule has 2 aliphatic heterocycles. The Balaban J connectivity index is 1.28. The molecular formula is C23H21ClF3N5O3. The normalized spacial score (nSPS) is 23.2. The number of nitrogens with zero attached hydrogens (tertiary/aromatic N) is 4. The monoisotopic (exact) mass is 507 g/mol. The zero-order valence-corrected chi connectivity index (χ0v) is 19.1. The van der Waals surface area contributed by atoms with Gasteiger partial charge in [-0.25, -0.2) is 0 Å². The minimum Gasteiger partial charge on any atom is -0.361 e. The Labute approximate surface area is 203 Å². The van der Waals surface area contributed by atoms with E-state index >= 15 is 0 Å². The minimum atomic E-state index is -4.57. The molecule has 0 bridgehead atoms. The second-order valence-electron chi connectivity index (χ2n) is 8.55. The molecule has 2 fully saturated rings. The Morgan fingerprint density at radius 3 is 2.74 bits per heavy atom. The third kappa shape index (κ3) is 4.52. The summed E-state index contributed by atoms with van der Waals surface area (Å²) < 4.78 is 44.1. The zero-order valence-electron chi connectivity index (χ0n) is 18.3. The molecule has 5 rings (SSSR count). The van der Waals surface area contributed by atoms with Crippen molar-refractivity contribution in [3.05, 3.63) is 70.8 Å². The van der Waals surface area contributed by atoms with Crippen LogP contribution < -0.4 is 0 Å². The number of aromatic nitrogens is 3. The number of pyridine rings is 1. The number of alkyl halides is 3. The fourth-order valence-electron chi connectivity index (χ4n) is 4.45. The maximum absolute atomic E-state index is 13.3. The van der Waals surface area contributed by atoms with Crippen molar-refractivity contribution in [1.82, 2.24) is 25.0 Å². The number of fused-ring (bicyclic) bond motifs is 1. The summed E-state index contributed by atoms with van der Waals surface area (Å²) in [5.74, 6) is -2.00. The number of aromatic amines is 1. The van der Waals surface area contributed by atoms with Gasteiger partial charge < -0.3 is 14.7 Å². The van der Waals surface area contributed by atoms with Gasteiger partial charge in [-0.3, -0.25) is 19.8 Å². The van der Waals surface area contributed by atoms with Crippen molar-refractivity contribution >= 4 is 17.5 Å². The second-order valence-corrected chi connectivity index (χ2v) is 8.93. The Morgan fingerprint density at radius 2 is 2.06 bits per heavy atom. The first-order chi connectivity index (χ1) is 16.7. The van der Waals surface area contributed by atoms with E-state index in [1.165, 1.54) is 6.07 Å². The van der Waals surface area contributed by atoms with Gasteiger partial charge in [0.15, 0.2) is 0 Å². The second kappa shape index (κ2) is 8.90. The number of hydrogen-bond donors (Lipinski definition) is 2. The SMILES string of the molecule is O=C(c1cccc(-c2cn[nH]c2)c1Cl)N1CCN2C[C@@](O)(c3ccc(C(F)(F)F)nc3)OC[C@@H]2C1. The highest BCUT2D eigenvalue weighted by molar-refractivity contribution is 6.36. The molecule has 4 heterocycles. The summed E-state index contributed by atoms with van der Waals surface area (Å²) in [6, 6.07) is 7.05. The average molecular weight is 508 g/mol. The lowest BCUT2D eigenvalue weighted by atomic mass is 10.0. The van der Waals surface area contributed by atoms with Crippen LogP contribution in [-0.4, -0.2) is 74.8 Å². The molecule has 3 aromatic rings. The van der Waals surface area contributed by atoms with Crippen molar-refractivity contribution in [2.45, 2.75) is 18.0 Å². The molecule has 8 nitrogen and oxygen atoms in total. The van der Waals surface area contributed by atoms with Crippen LogP contribution >= 0.6 is 11.6 Å². The number of carbonyl (C=O) groups excluding carboxylic acids is 1. The summed E-state index contributed by atoms with van der Waals surface area (Å²) >= 11 is 6.56. The predicted octanol–water partition coefficient (Wildman–Crippen LogP) is 3.15. The minimum absolute atomic E-state index is 0.0451. The first kappa shape index (κ1) is 23.7. The Kier molecular flexibility index (Phi) is 6.04. The Hall–Kier alpha value is -2.99. The van der Waals surface area contributed by atoms with Crippen LogP contribution in [0.5, 0.6) is 0 Å². The summed E-state index contributed by atoms with van der Waals surface area (Å²) in [5, 5.41) is 18.0. The molecule has 2 saturated heterocycles. The number of carbonyl (C=O) groups is 1. The number of H-pyrrole nitrogens is 1. The number of halogens is 4. The van der Waals surface area contributed by atoms with Gasteiger partial charge >= 0.3 is 6.18 Å². The predicted molar refractivity (Wildman–Crippen MR) is 119 cm³/mol. The smallest absolute Gasteiger partial charge is 0.361 e. The number of morpholine rings is 1. The lowest BCUT2D eigenvalue weighted by Gasteiger charge is -2.48. The van der Waals surface area contributed by atoms with Crippen molar-refractivity contribution in [1.29, 1.82) is 0 Å². The van der Waals surface area contributed by atoms with Crippen LogP contribution in [0.3, 0.4) is 0 Å². The number of aliphatic hydroxyl groups is 1. The lowest BCUT2D eigenvalue weighted by molar-refractivity contribution is -0.265. The number of nitrogens with one attached hydrogen (secondary N) is 1. The van der Waals surface area contributed by atoms with Gasteiger partial charge in [-0.05, 0) is 18.2 Å². The van der Waals surface area contributed by atoms with Gasteiger partial charge in [0.1, 0.15) is 5.69 Å². The molecule has 0 unspecified atom stereocenters. The van der Waals surface area contributed by atoms with Crippen LogP contribution in [0.2, 0.25) is 5.02 Å². The molecule has 2 atom stereocenters. The van der Waals surface area contributed by atoms with Gasteiger partial charge in [0, 0.05) is 48.7 Å². The highest BCUT2D eigenvalue weighted by Gasteiger charge is 2.44. The number of benzene rings is 1. The van der Waals surface area contributed by atoms with Gasteiger partial charge in [-0.15, -0.1) is 0 Å². The molecule has 12 heteroatoms. The molecule has 0 aliphatic carbocycles. The summed E-state index contributed by atoms with van der Waals surface area (Å²) in [6.45, 7) is 1.33. The van der Waals surface area contributed by atoms with Crippen molar-refractivity contribution in [3.8, 4) is 11.1 Å². The maximum atomic E-state index is 13.3. The van der Waals surface area contributed by atoms with Gasteiger partial charge in [-0.1, -0.05) is 23.7 Å². The molecule has 0 radical (unpaired) electrons. The van der Waals surface area contributed by atoms with Crippen LogP contribution in [0.15, 0.2) is 48.9 Å². The van der Waals surface area contributed by atoms with Crippen LogP contribution in [-0.2, 0) is 16.7 Å². The van der Waals surface area contributed by atoms with Crippen molar-refractivity contribution in [2.75, 3.05) is 32.8 Å². The van der Waals surface area contributed by atoms with Crippen LogP contribution in [0.1, 0.15) is 21.6 Å². The van der Waals surface area contributed by atoms with Gasteiger partial charge in [0.2, 0.25) is 5.79 Å². The van der Waals surface area contributed by atoms with Gasteiger partial charge in [0.25, 0.3) is 5.91 Å². The molecule has 2 aromatic heterocycles. The summed E-state index contributed by atoms with van der Waals surface area (Å²) in [4.78, 5) is 20.4. The van der Waals surface area contributed by atoms with Crippen LogP contribution in [0, 0.1) is 0 Å². The Bertz CT molecular complexity index is 1220. The average Bonchev–Trinajstić information content (AvgIpc) is 3.38. The fourth-order valence-corrected chi connectivity index (χ4v) is 4.77. The summed E-state index contributed by atoms with van der Waals surface area (Å²) in [6.07, 6.45) is -0.261. The third-order valence-electron chi connectivity index (χ3n) is 6.37. The molecule has 2 N–H and O–H groups in total. The zero-order chi connectivity index (χ0) is 24.8. The van der Waals surface area contributed by atoms with E-state index in [0.29, 0.717) is 35.8 Å². The van der Waals surface area contributed by atoms with E-state index < -0.39 is 17.7 Å². The van der Waals surface area contributed by atoms with Crippen LogP contribution in [0.4, 0.5) is 13.2 Å². The van der Waals surface area contributed by atoms with E-state index in [9.17, 15) is 23.1 Å². The number of piperazine rings is 1. The van der Waals surface area contributed by atoms with Crippen molar-refractivity contribution in [3.63, 3.8) is 0 Å². The maximum Gasteiger partial charge on any atom is 0.433 e. The first-order valence-corrected chi connectivity index (χ1v) is 11.2. The van der Waals surface area contributed by atoms with E-state index in [4.69, 9.17) is 16.3 Å². The number of hydrogen-bond acceptors (Lipinski definition) is 6. The van der Waals surface area contributed by atoms with E-state index in [1.54, 1.807) is 29.4 Å². The summed E-state index contributed by atoms with van der Waals surface area (Å²) in [5.41, 5.74) is 0.947. The van der Waals surface area contributed by atoms with Gasteiger partial charge in [-0.2, -0.15) is 18.3 Å². The molecule has 1 amide bonds. The summed E-state index contributed by atoms with van der Waals surface area (Å²) in [7, 11) is 0. The van der Waals surface area contributed by atoms with E-state index in [-0.39, 0.29) is 30.7 Å². The molecule has 35 heavy (non-hydrogen) atoms. The largest absolute Gasteiger partial charge is 0.433 e. The third-order valence-corrected chi connectivity index (χ3v) is 6.77. The highest BCUT2D eigenvalue weighted by Crippen LogP contribution is 2.34. The first-order valence-electron chi connectivity index (χ1n) is 10.9. The van der Waals surface area contributed by atoms with E-state index in [1.807, 2.05) is 11.0 Å². The number of amides is 1. The standard InChI is InChI=1S/C23H21ClF3N5O3/c24-20-17(14-8-29-30-9-14)2-1-3-18(20)21(33)31-6-7-32-13-22(34,35-12-16(32)11-31)15-4-5-19(28-10-15)23(25,26)27/h1-5,8-10,16,34H,6-7,11-13H2,(H,29,30)/t16-,22-/m0/s1. The van der Waals surface area contributed by atoms with Crippen molar-refractivity contribution in [2.24, 2.45) is 0 Å². The van der Waals surface area contributed by atoms with Crippen LogP contribution in [0.25, 0.3) is 11.1 Å². The molecule has 184 valence electrons. The molecule has 2 aliphatic rings. The van der Waals surface area contributed by atoms with E-state index in [0.717, 1.165) is 17.8 Å². The van der Waals surface area contributed by atoms with Gasteiger partial charge in [0.05, 0.1) is 36.0 Å².